The molecule has 0 aromatic carbocycles. The van der Waals surface area contributed by atoms with Gasteiger partial charge < -0.3 is 20.0 Å². The van der Waals surface area contributed by atoms with Crippen molar-refractivity contribution < 1.29 is 33.9 Å². The minimum absolute atomic E-state index is 0.0639. The highest BCUT2D eigenvalue weighted by Crippen LogP contribution is 2.37. The number of aromatic nitrogens is 1. The number of pyridine rings is 1. The predicted molar refractivity (Wildman–Crippen MR) is 76.7 cm³/mol. The third-order valence-corrected chi connectivity index (χ3v) is 3.05. The summed E-state index contributed by atoms with van der Waals surface area (Å²) in [7, 11) is -4.70. The lowest BCUT2D eigenvalue weighted by Gasteiger charge is -2.11. The lowest BCUT2D eigenvalue weighted by Crippen LogP contribution is -2.15. The Labute approximate surface area is 125 Å². The second-order valence-corrected chi connectivity index (χ2v) is 5.43. The number of phosphoric ester groups is 1. The molecule has 1 atom stereocenters. The van der Waals surface area contributed by atoms with Gasteiger partial charge >= 0.3 is 13.8 Å². The number of carboxylic acid groups (broad SMARTS) is 1. The monoisotopic (exact) mass is 330 g/mol. The van der Waals surface area contributed by atoms with E-state index in [-0.39, 0.29) is 22.6 Å². The molecule has 0 bridgehead atoms. The summed E-state index contributed by atoms with van der Waals surface area (Å²) in [6.45, 7) is 4.30. The van der Waals surface area contributed by atoms with Gasteiger partial charge in [0.15, 0.2) is 6.04 Å². The topological polar surface area (TPSA) is 150 Å². The van der Waals surface area contributed by atoms with Crippen LogP contribution in [-0.2, 0) is 20.5 Å². The Morgan fingerprint density at radius 3 is 2.73 bits per heavy atom. The maximum Gasteiger partial charge on any atom is 0.469 e. The summed E-state index contributed by atoms with van der Waals surface area (Å²) in [5, 5.41) is 18.8. The minimum Gasteiger partial charge on any atom is -0.505 e. The van der Waals surface area contributed by atoms with Crippen LogP contribution < -0.4 is 0 Å². The molecular weight excluding hydrogens is 315 g/mol. The minimum atomic E-state index is -4.70. The van der Waals surface area contributed by atoms with E-state index in [1.807, 2.05) is 0 Å². The molecule has 1 aromatic heterocycles. The Morgan fingerprint density at radius 2 is 2.23 bits per heavy atom. The zero-order valence-corrected chi connectivity index (χ0v) is 12.5. The van der Waals surface area contributed by atoms with Gasteiger partial charge in [-0.3, -0.25) is 14.5 Å². The molecule has 9 nitrogen and oxygen atoms in total. The summed E-state index contributed by atoms with van der Waals surface area (Å²) in [4.78, 5) is 35.8. The fourth-order valence-electron chi connectivity index (χ4n) is 1.45. The standard InChI is InChI=1S/C12H15N2O7P/c1-3-10(12(16)17)14-5-9-8(6-21-22(18,19)20)4-13-7(2)11(9)15/h3-5,10,15H,1,6H2,2H3,(H,16,17)(H2,18,19,20)/t10-/m1/s1. The summed E-state index contributed by atoms with van der Waals surface area (Å²) in [6, 6.07) is -1.22. The number of aliphatic imine (C=N–C) groups is 1. The van der Waals surface area contributed by atoms with Gasteiger partial charge in [-0.05, 0) is 6.92 Å². The molecule has 0 saturated carbocycles. The van der Waals surface area contributed by atoms with Gasteiger partial charge in [0, 0.05) is 23.5 Å². The first-order chi connectivity index (χ1) is 10.2. The molecule has 10 heteroatoms. The summed E-state index contributed by atoms with van der Waals surface area (Å²) in [6.07, 6.45) is 3.41. The number of aliphatic carboxylic acids is 1. The van der Waals surface area contributed by atoms with E-state index in [2.05, 4.69) is 21.1 Å². The summed E-state index contributed by atoms with van der Waals surface area (Å²) < 4.78 is 15.1. The van der Waals surface area contributed by atoms with Gasteiger partial charge in [-0.25, -0.2) is 9.36 Å². The first-order valence-electron chi connectivity index (χ1n) is 5.91. The Morgan fingerprint density at radius 1 is 1.59 bits per heavy atom. The smallest absolute Gasteiger partial charge is 0.469 e. The van der Waals surface area contributed by atoms with Gasteiger partial charge in [0.1, 0.15) is 5.75 Å². The molecule has 0 amide bonds. The van der Waals surface area contributed by atoms with E-state index >= 15 is 0 Å². The van der Waals surface area contributed by atoms with Gasteiger partial charge in [0.25, 0.3) is 0 Å². The van der Waals surface area contributed by atoms with E-state index in [0.717, 1.165) is 12.3 Å². The molecule has 0 aliphatic heterocycles. The first kappa shape index (κ1) is 18.0. The quantitative estimate of drug-likeness (QED) is 0.325. The molecular formula is C12H15N2O7P. The zero-order valence-electron chi connectivity index (χ0n) is 11.6. The summed E-state index contributed by atoms with van der Waals surface area (Å²) >= 11 is 0. The summed E-state index contributed by atoms with van der Waals surface area (Å²) in [5.74, 6) is -1.52. The van der Waals surface area contributed by atoms with E-state index in [9.17, 15) is 14.5 Å². The second kappa shape index (κ2) is 7.28. The number of carboxylic acids is 1. The average molecular weight is 330 g/mol. The molecule has 1 aromatic rings. The SMILES string of the molecule is C=C[C@@H](N=Cc1c(COP(=O)(O)O)cnc(C)c1O)C(=O)O. The molecule has 0 unspecified atom stereocenters. The van der Waals surface area contributed by atoms with Crippen LogP contribution in [0.1, 0.15) is 16.8 Å². The van der Waals surface area contributed by atoms with Crippen LogP contribution in [0.4, 0.5) is 0 Å². The van der Waals surface area contributed by atoms with Gasteiger partial charge in [-0.15, -0.1) is 6.58 Å². The van der Waals surface area contributed by atoms with Crippen LogP contribution >= 0.6 is 7.82 Å². The number of hydrogen-bond acceptors (Lipinski definition) is 6. The van der Waals surface area contributed by atoms with E-state index < -0.39 is 26.4 Å². The van der Waals surface area contributed by atoms with Crippen LogP contribution in [-0.4, -0.2) is 43.2 Å². The molecule has 0 spiro atoms. The lowest BCUT2D eigenvalue weighted by atomic mass is 10.1. The zero-order chi connectivity index (χ0) is 16.9. The highest BCUT2D eigenvalue weighted by Gasteiger charge is 2.18. The molecule has 0 aliphatic carbocycles. The van der Waals surface area contributed by atoms with Crippen molar-refractivity contribution >= 4 is 20.0 Å². The first-order valence-corrected chi connectivity index (χ1v) is 7.44. The van der Waals surface area contributed by atoms with Crippen LogP contribution in [0, 0.1) is 6.92 Å². The lowest BCUT2D eigenvalue weighted by molar-refractivity contribution is -0.137. The molecule has 120 valence electrons. The second-order valence-electron chi connectivity index (χ2n) is 4.19. The highest BCUT2D eigenvalue weighted by atomic mass is 31.2. The van der Waals surface area contributed by atoms with Crippen molar-refractivity contribution in [1.29, 1.82) is 0 Å². The van der Waals surface area contributed by atoms with Gasteiger partial charge in [0.2, 0.25) is 0 Å². The number of carbonyl (C=O) groups is 1. The summed E-state index contributed by atoms with van der Waals surface area (Å²) in [5.41, 5.74) is 0.448. The van der Waals surface area contributed by atoms with E-state index in [1.54, 1.807) is 0 Å². The number of rotatable bonds is 7. The maximum atomic E-state index is 10.9. The Kier molecular flexibility index (Phi) is 5.95. The number of phosphoric acid groups is 1. The van der Waals surface area contributed by atoms with Crippen molar-refractivity contribution in [1.82, 2.24) is 4.98 Å². The number of aromatic hydroxyl groups is 1. The molecule has 4 N–H and O–H groups in total. The van der Waals surface area contributed by atoms with Crippen molar-refractivity contribution in [3.05, 3.63) is 35.7 Å². The highest BCUT2D eigenvalue weighted by molar-refractivity contribution is 7.46. The third-order valence-electron chi connectivity index (χ3n) is 2.59. The average Bonchev–Trinajstić information content (AvgIpc) is 2.41. The molecule has 0 fully saturated rings. The van der Waals surface area contributed by atoms with Crippen molar-refractivity contribution in [3.63, 3.8) is 0 Å². The van der Waals surface area contributed by atoms with Crippen molar-refractivity contribution in [2.75, 3.05) is 0 Å². The van der Waals surface area contributed by atoms with Crippen molar-refractivity contribution in [2.45, 2.75) is 19.6 Å². The van der Waals surface area contributed by atoms with Gasteiger partial charge in [-0.2, -0.15) is 0 Å². The fraction of sp³-hybridized carbons (Fsp3) is 0.250. The molecule has 22 heavy (non-hydrogen) atoms. The largest absolute Gasteiger partial charge is 0.505 e. The molecule has 1 heterocycles. The maximum absolute atomic E-state index is 10.9. The number of aryl methyl sites for hydroxylation is 1. The molecule has 0 saturated heterocycles. The Balaban J connectivity index is 3.17. The third kappa shape index (κ3) is 5.05. The van der Waals surface area contributed by atoms with Crippen LogP contribution in [0.25, 0.3) is 0 Å². The fourth-order valence-corrected chi connectivity index (χ4v) is 1.75. The molecule has 0 radical (unpaired) electrons. The number of hydrogen-bond donors (Lipinski definition) is 4. The number of nitrogens with zero attached hydrogens (tertiary/aromatic N) is 2. The van der Waals surface area contributed by atoms with Crippen LogP contribution in [0.5, 0.6) is 5.75 Å². The van der Waals surface area contributed by atoms with E-state index in [1.165, 1.54) is 13.1 Å². The normalized spacial score (nSPS) is 13.2. The van der Waals surface area contributed by atoms with Crippen molar-refractivity contribution in [3.8, 4) is 5.75 Å². The molecule has 1 rings (SSSR count). The van der Waals surface area contributed by atoms with Crippen molar-refractivity contribution in [2.24, 2.45) is 4.99 Å². The van der Waals surface area contributed by atoms with E-state index in [0.29, 0.717) is 0 Å². The Hall–Kier alpha value is -2.06. The van der Waals surface area contributed by atoms with Gasteiger partial charge in [-0.1, -0.05) is 6.08 Å². The van der Waals surface area contributed by atoms with Crippen LogP contribution in [0.2, 0.25) is 0 Å². The molecule has 0 aliphatic rings. The van der Waals surface area contributed by atoms with Gasteiger partial charge in [0.05, 0.1) is 12.3 Å². The predicted octanol–water partition coefficient (Wildman–Crippen LogP) is 0.763. The van der Waals surface area contributed by atoms with Crippen LogP contribution in [0.3, 0.4) is 0 Å². The van der Waals surface area contributed by atoms with Crippen LogP contribution in [0.15, 0.2) is 23.8 Å². The van der Waals surface area contributed by atoms with E-state index in [4.69, 9.17) is 14.9 Å². The Bertz CT molecular complexity index is 653.